The molecule has 3 rings (SSSR count). The Labute approximate surface area is 180 Å². The quantitative estimate of drug-likeness (QED) is 0.474. The van der Waals surface area contributed by atoms with E-state index in [0.29, 0.717) is 17.0 Å². The van der Waals surface area contributed by atoms with Gasteiger partial charge in [0, 0.05) is 5.69 Å². The van der Waals surface area contributed by atoms with Crippen molar-refractivity contribution in [3.8, 4) is 11.8 Å². The van der Waals surface area contributed by atoms with Gasteiger partial charge in [-0.15, -0.1) is 0 Å². The summed E-state index contributed by atoms with van der Waals surface area (Å²) in [6.45, 7) is 2.19. The zero-order valence-corrected chi connectivity index (χ0v) is 16.8. The zero-order chi connectivity index (χ0) is 22.2. The third-order valence-corrected chi connectivity index (χ3v) is 4.43. The summed E-state index contributed by atoms with van der Waals surface area (Å²) in [5, 5.41) is 22.9. The predicted octanol–water partition coefficient (Wildman–Crippen LogP) is 3.48. The van der Waals surface area contributed by atoms with Gasteiger partial charge in [0.2, 0.25) is 0 Å². The van der Waals surface area contributed by atoms with Crippen molar-refractivity contribution in [1.82, 2.24) is 0 Å². The molecule has 0 fully saturated rings. The van der Waals surface area contributed by atoms with E-state index >= 15 is 0 Å². The monoisotopic (exact) mass is 411 g/mol. The van der Waals surface area contributed by atoms with Crippen molar-refractivity contribution < 1.29 is 19.4 Å². The molecule has 0 spiro atoms. The summed E-state index contributed by atoms with van der Waals surface area (Å²) < 4.78 is 5.69. The van der Waals surface area contributed by atoms with Crippen LogP contribution in [0.1, 0.15) is 27.0 Å². The van der Waals surface area contributed by atoms with Crippen LogP contribution in [-0.2, 0) is 11.4 Å². The maximum absolute atomic E-state index is 12.4. The molecule has 1 amide bonds. The zero-order valence-electron chi connectivity index (χ0n) is 16.8. The van der Waals surface area contributed by atoms with Crippen molar-refractivity contribution in [2.24, 2.45) is 0 Å². The first kappa shape index (κ1) is 21.3. The number of rotatable bonds is 7. The van der Waals surface area contributed by atoms with Crippen molar-refractivity contribution in [2.75, 3.05) is 5.32 Å². The van der Waals surface area contributed by atoms with Crippen LogP contribution in [0.4, 0.5) is 5.69 Å². The largest absolute Gasteiger partial charge is 0.545 e. The third-order valence-electron chi connectivity index (χ3n) is 4.43. The molecule has 0 saturated carbocycles. The van der Waals surface area contributed by atoms with Crippen molar-refractivity contribution in [3.63, 3.8) is 0 Å². The molecule has 0 atom stereocenters. The minimum Gasteiger partial charge on any atom is -0.545 e. The van der Waals surface area contributed by atoms with Gasteiger partial charge < -0.3 is 20.0 Å². The Morgan fingerprint density at radius 2 is 1.77 bits per heavy atom. The molecule has 6 heteroatoms. The van der Waals surface area contributed by atoms with Crippen molar-refractivity contribution in [2.45, 2.75) is 13.5 Å². The van der Waals surface area contributed by atoms with Gasteiger partial charge in [-0.3, -0.25) is 4.79 Å². The molecule has 0 aliphatic rings. The number of carbonyl (C=O) groups is 2. The lowest BCUT2D eigenvalue weighted by molar-refractivity contribution is -0.255. The fourth-order valence-electron chi connectivity index (χ4n) is 2.80. The first-order chi connectivity index (χ1) is 14.9. The number of carbonyl (C=O) groups excluding carboxylic acids is 2. The SMILES string of the molecule is Cc1cccc(NC(=O)/C(C#N)=C/c2ccc(OCc3ccc(C(=O)[O-])cc3)cc2)c1. The Kier molecular flexibility index (Phi) is 6.82. The van der Waals surface area contributed by atoms with Crippen LogP contribution in [0.5, 0.6) is 5.75 Å². The molecule has 31 heavy (non-hydrogen) atoms. The molecule has 0 saturated heterocycles. The van der Waals surface area contributed by atoms with Crippen LogP contribution in [0.25, 0.3) is 6.08 Å². The minimum atomic E-state index is -1.22. The van der Waals surface area contributed by atoms with Crippen LogP contribution < -0.4 is 15.2 Å². The summed E-state index contributed by atoms with van der Waals surface area (Å²) in [4.78, 5) is 23.2. The summed E-state index contributed by atoms with van der Waals surface area (Å²) >= 11 is 0. The highest BCUT2D eigenvalue weighted by atomic mass is 16.5. The molecule has 0 aliphatic carbocycles. The summed E-state index contributed by atoms with van der Waals surface area (Å²) in [6.07, 6.45) is 1.51. The van der Waals surface area contributed by atoms with E-state index in [4.69, 9.17) is 4.74 Å². The molecule has 3 aromatic rings. The lowest BCUT2D eigenvalue weighted by Gasteiger charge is -2.08. The molecule has 0 aromatic heterocycles. The smallest absolute Gasteiger partial charge is 0.266 e. The van der Waals surface area contributed by atoms with Crippen LogP contribution in [0.15, 0.2) is 78.4 Å². The van der Waals surface area contributed by atoms with Crippen molar-refractivity contribution in [3.05, 3.63) is 101 Å². The Morgan fingerprint density at radius 1 is 1.06 bits per heavy atom. The molecule has 0 heterocycles. The number of benzene rings is 3. The number of hydrogen-bond donors (Lipinski definition) is 1. The molecule has 0 aliphatic heterocycles. The molecule has 0 bridgehead atoms. The topological polar surface area (TPSA) is 102 Å². The maximum atomic E-state index is 12.4. The number of nitriles is 1. The number of nitrogens with zero attached hydrogens (tertiary/aromatic N) is 1. The first-order valence-electron chi connectivity index (χ1n) is 9.47. The standard InChI is InChI=1S/C25H20N2O4/c1-17-3-2-4-22(13-17)27-24(28)21(15-26)14-18-7-11-23(12-8-18)31-16-19-5-9-20(10-6-19)25(29)30/h2-14H,16H2,1H3,(H,27,28)(H,29,30)/p-1/b21-14+. The van der Waals surface area contributed by atoms with Crippen LogP contribution in [0, 0.1) is 18.3 Å². The molecule has 0 unspecified atom stereocenters. The number of carboxylic acids is 1. The summed E-state index contributed by atoms with van der Waals surface area (Å²) in [5.41, 5.74) is 3.23. The Balaban J connectivity index is 1.62. The van der Waals surface area contributed by atoms with E-state index in [1.54, 1.807) is 42.5 Å². The lowest BCUT2D eigenvalue weighted by atomic mass is 10.1. The van der Waals surface area contributed by atoms with E-state index in [9.17, 15) is 20.0 Å². The Bertz CT molecular complexity index is 1160. The molecule has 1 N–H and O–H groups in total. The molecule has 0 radical (unpaired) electrons. The second kappa shape index (κ2) is 9.90. The number of aryl methyl sites for hydroxylation is 1. The highest BCUT2D eigenvalue weighted by Crippen LogP contribution is 2.17. The average molecular weight is 411 g/mol. The molecular weight excluding hydrogens is 392 g/mol. The Hall–Kier alpha value is -4.37. The van der Waals surface area contributed by atoms with Crippen molar-refractivity contribution >= 4 is 23.6 Å². The van der Waals surface area contributed by atoms with Crippen molar-refractivity contribution in [1.29, 1.82) is 5.26 Å². The fraction of sp³-hybridized carbons (Fsp3) is 0.0800. The molecule has 154 valence electrons. The van der Waals surface area contributed by atoms with Crippen LogP contribution in [-0.4, -0.2) is 11.9 Å². The van der Waals surface area contributed by atoms with Gasteiger partial charge in [-0.1, -0.05) is 48.5 Å². The maximum Gasteiger partial charge on any atom is 0.266 e. The van der Waals surface area contributed by atoms with Crippen LogP contribution in [0.3, 0.4) is 0 Å². The van der Waals surface area contributed by atoms with Gasteiger partial charge >= 0.3 is 0 Å². The van der Waals surface area contributed by atoms with E-state index < -0.39 is 11.9 Å². The number of hydrogen-bond acceptors (Lipinski definition) is 5. The van der Waals surface area contributed by atoms with Gasteiger partial charge in [0.15, 0.2) is 0 Å². The van der Waals surface area contributed by atoms with Gasteiger partial charge in [0.05, 0.1) is 5.97 Å². The van der Waals surface area contributed by atoms with Gasteiger partial charge in [-0.25, -0.2) is 0 Å². The molecule has 3 aromatic carbocycles. The highest BCUT2D eigenvalue weighted by molar-refractivity contribution is 6.09. The third kappa shape index (κ3) is 6.05. The van der Waals surface area contributed by atoms with E-state index in [1.165, 1.54) is 18.2 Å². The summed E-state index contributed by atoms with van der Waals surface area (Å²) in [7, 11) is 0. The molecular formula is C25H19N2O4-. The van der Waals surface area contributed by atoms with E-state index in [-0.39, 0.29) is 17.7 Å². The summed E-state index contributed by atoms with van der Waals surface area (Å²) in [6, 6.07) is 22.5. The van der Waals surface area contributed by atoms with E-state index in [1.807, 2.05) is 31.2 Å². The van der Waals surface area contributed by atoms with Gasteiger partial charge in [-0.2, -0.15) is 5.26 Å². The number of anilines is 1. The normalized spacial score (nSPS) is 10.8. The van der Waals surface area contributed by atoms with Crippen LogP contribution in [0.2, 0.25) is 0 Å². The number of amides is 1. The fourth-order valence-corrected chi connectivity index (χ4v) is 2.80. The second-order valence-electron chi connectivity index (χ2n) is 6.84. The number of aromatic carboxylic acids is 1. The van der Waals surface area contributed by atoms with Crippen LogP contribution >= 0.6 is 0 Å². The summed E-state index contributed by atoms with van der Waals surface area (Å²) in [5.74, 6) is -1.10. The first-order valence-corrected chi connectivity index (χ1v) is 9.47. The predicted molar refractivity (Wildman–Crippen MR) is 115 cm³/mol. The molecule has 6 nitrogen and oxygen atoms in total. The number of ether oxygens (including phenoxy) is 1. The van der Waals surface area contributed by atoms with E-state index in [0.717, 1.165) is 11.1 Å². The highest BCUT2D eigenvalue weighted by Gasteiger charge is 2.09. The second-order valence-corrected chi connectivity index (χ2v) is 6.84. The average Bonchev–Trinajstić information content (AvgIpc) is 2.77. The number of carboxylic acid groups (broad SMARTS) is 1. The lowest BCUT2D eigenvalue weighted by Crippen LogP contribution is -2.22. The number of nitrogens with one attached hydrogen (secondary N) is 1. The Morgan fingerprint density at radius 3 is 2.39 bits per heavy atom. The van der Waals surface area contributed by atoms with Gasteiger partial charge in [0.1, 0.15) is 24.0 Å². The van der Waals surface area contributed by atoms with Gasteiger partial charge in [0.25, 0.3) is 5.91 Å². The van der Waals surface area contributed by atoms with E-state index in [2.05, 4.69) is 5.32 Å². The minimum absolute atomic E-state index is 0.0109. The van der Waals surface area contributed by atoms with Gasteiger partial charge in [-0.05, 0) is 59.5 Å².